The maximum atomic E-state index is 13.0. The summed E-state index contributed by atoms with van der Waals surface area (Å²) in [5.74, 6) is -1.48. The normalized spacial score (nSPS) is 12.7. The topological polar surface area (TPSA) is 131 Å². The maximum absolute atomic E-state index is 13.0. The second kappa shape index (κ2) is 12.9. The Morgan fingerprint density at radius 1 is 1.00 bits per heavy atom. The van der Waals surface area contributed by atoms with Gasteiger partial charge in [0.2, 0.25) is 0 Å². The van der Waals surface area contributed by atoms with E-state index in [0.29, 0.717) is 24.4 Å². The number of carbonyl (C=O) groups is 4. The second-order valence-electron chi connectivity index (χ2n) is 10.4. The van der Waals surface area contributed by atoms with E-state index in [-0.39, 0.29) is 41.9 Å². The number of amides is 2. The average Bonchev–Trinajstić information content (AvgIpc) is 3.37. The number of hydrogen-bond acceptors (Lipinski definition) is 8. The third-order valence-corrected chi connectivity index (χ3v) is 7.24. The number of carboxylic acids is 1. The largest absolute Gasteiger partial charge is 0.485 e. The van der Waals surface area contributed by atoms with Crippen LogP contribution in [0.4, 0.5) is 4.79 Å². The van der Waals surface area contributed by atoms with Crippen molar-refractivity contribution in [1.82, 2.24) is 10.2 Å². The highest BCUT2D eigenvalue weighted by Gasteiger charge is 2.28. The van der Waals surface area contributed by atoms with E-state index in [4.69, 9.17) is 19.3 Å². The number of hydrogen-bond donors (Lipinski definition) is 2. The van der Waals surface area contributed by atoms with Gasteiger partial charge in [-0.2, -0.15) is 0 Å². The number of ketones is 1. The molecule has 0 atom stereocenters. The van der Waals surface area contributed by atoms with E-state index in [1.54, 1.807) is 11.0 Å². The highest BCUT2D eigenvalue weighted by Crippen LogP contribution is 2.31. The molecule has 0 saturated heterocycles. The van der Waals surface area contributed by atoms with Crippen LogP contribution in [-0.2, 0) is 29.1 Å². The lowest BCUT2D eigenvalue weighted by molar-refractivity contribution is -0.139. The summed E-state index contributed by atoms with van der Waals surface area (Å²) in [6, 6.07) is 15.6. The van der Waals surface area contributed by atoms with Crippen molar-refractivity contribution in [3.63, 3.8) is 0 Å². The molecular formula is C30H32N2O8S. The molecule has 0 spiro atoms. The van der Waals surface area contributed by atoms with Crippen molar-refractivity contribution in [2.75, 3.05) is 19.7 Å². The molecule has 10 nitrogen and oxygen atoms in total. The first-order valence-electron chi connectivity index (χ1n) is 13.0. The first-order chi connectivity index (χ1) is 19.5. The van der Waals surface area contributed by atoms with Crippen LogP contribution in [0.1, 0.15) is 56.8 Å². The van der Waals surface area contributed by atoms with E-state index >= 15 is 0 Å². The fourth-order valence-corrected chi connectivity index (χ4v) is 5.14. The zero-order valence-corrected chi connectivity index (χ0v) is 23.9. The zero-order valence-electron chi connectivity index (χ0n) is 23.1. The Bertz CT molecular complexity index is 1430. The van der Waals surface area contributed by atoms with Crippen LogP contribution >= 0.6 is 11.3 Å². The second-order valence-corrected chi connectivity index (χ2v) is 11.6. The van der Waals surface area contributed by atoms with Crippen molar-refractivity contribution in [2.24, 2.45) is 0 Å². The number of rotatable bonds is 10. The third kappa shape index (κ3) is 8.31. The van der Waals surface area contributed by atoms with E-state index in [1.807, 2.05) is 51.1 Å². The lowest BCUT2D eigenvalue weighted by atomic mass is 10.1. The molecule has 0 bridgehead atoms. The van der Waals surface area contributed by atoms with Gasteiger partial charge >= 0.3 is 12.1 Å². The number of fused-ring (bicyclic) bond motifs is 1. The monoisotopic (exact) mass is 580 g/mol. The number of nitrogens with zero attached hydrogens (tertiary/aromatic N) is 1. The predicted octanol–water partition coefficient (Wildman–Crippen LogP) is 4.70. The van der Waals surface area contributed by atoms with Gasteiger partial charge in [-0.15, -0.1) is 11.3 Å². The van der Waals surface area contributed by atoms with Gasteiger partial charge in [-0.1, -0.05) is 30.3 Å². The van der Waals surface area contributed by atoms with Crippen molar-refractivity contribution in [1.29, 1.82) is 0 Å². The number of carbonyl (C=O) groups excluding carboxylic acids is 3. The molecule has 216 valence electrons. The van der Waals surface area contributed by atoms with Crippen molar-refractivity contribution >= 4 is 35.1 Å². The molecule has 11 heteroatoms. The predicted molar refractivity (Wildman–Crippen MR) is 152 cm³/mol. The molecule has 2 amide bonds. The van der Waals surface area contributed by atoms with E-state index in [2.05, 4.69) is 5.32 Å². The quantitative estimate of drug-likeness (QED) is 0.330. The van der Waals surface area contributed by atoms with Gasteiger partial charge < -0.3 is 29.5 Å². The van der Waals surface area contributed by atoms with Gasteiger partial charge in [-0.25, -0.2) is 9.59 Å². The number of Topliss-reactive ketones (excluding diaryl/α,β-unsaturated/α-hetero) is 1. The molecule has 1 aliphatic heterocycles. The van der Waals surface area contributed by atoms with E-state index in [0.717, 1.165) is 16.0 Å². The van der Waals surface area contributed by atoms with Crippen LogP contribution in [0.3, 0.4) is 0 Å². The molecule has 2 aromatic carbocycles. The standard InChI is InChI=1S/C30H32N2O8S/c1-30(2,3)40-29(37)32-12-11-25-21(16-32)14-26(41-25)28(36)31-15-22(33)20-9-10-23(39-18-27(34)35)24(13-20)38-17-19-7-5-4-6-8-19/h4-10,13-14H,11-12,15-18H2,1-3H3,(H,31,36)(H,34,35). The van der Waals surface area contributed by atoms with E-state index < -0.39 is 24.3 Å². The van der Waals surface area contributed by atoms with Gasteiger partial charge in [0.15, 0.2) is 23.9 Å². The lowest BCUT2D eigenvalue weighted by Crippen LogP contribution is -2.39. The number of thiophene rings is 1. The van der Waals surface area contributed by atoms with Gasteiger partial charge in [0, 0.05) is 17.0 Å². The molecule has 0 unspecified atom stereocenters. The Morgan fingerprint density at radius 3 is 2.46 bits per heavy atom. The van der Waals surface area contributed by atoms with Crippen LogP contribution in [0, 0.1) is 0 Å². The summed E-state index contributed by atoms with van der Waals surface area (Å²) in [7, 11) is 0. The van der Waals surface area contributed by atoms with Gasteiger partial charge in [-0.05, 0) is 62.6 Å². The van der Waals surface area contributed by atoms with Crippen LogP contribution < -0.4 is 14.8 Å². The van der Waals surface area contributed by atoms with Crippen molar-refractivity contribution in [3.05, 3.63) is 81.0 Å². The van der Waals surface area contributed by atoms with Gasteiger partial charge in [0.1, 0.15) is 12.2 Å². The Labute approximate surface area is 241 Å². The van der Waals surface area contributed by atoms with Crippen LogP contribution in [-0.4, -0.2) is 59.1 Å². The number of benzene rings is 2. The smallest absolute Gasteiger partial charge is 0.410 e. The third-order valence-electron chi connectivity index (χ3n) is 6.01. The first kappa shape index (κ1) is 29.6. The minimum atomic E-state index is -1.14. The summed E-state index contributed by atoms with van der Waals surface area (Å²) >= 11 is 1.35. The van der Waals surface area contributed by atoms with Gasteiger partial charge in [-0.3, -0.25) is 9.59 Å². The first-order valence-corrected chi connectivity index (χ1v) is 13.9. The van der Waals surface area contributed by atoms with E-state index in [1.165, 1.54) is 29.5 Å². The molecule has 0 radical (unpaired) electrons. The van der Waals surface area contributed by atoms with Crippen LogP contribution in [0.15, 0.2) is 54.6 Å². The lowest BCUT2D eigenvalue weighted by Gasteiger charge is -2.29. The Morgan fingerprint density at radius 2 is 1.76 bits per heavy atom. The van der Waals surface area contributed by atoms with Crippen molar-refractivity contribution in [3.8, 4) is 11.5 Å². The zero-order chi connectivity index (χ0) is 29.6. The molecule has 0 aliphatic carbocycles. The SMILES string of the molecule is CC(C)(C)OC(=O)N1CCc2sc(C(=O)NCC(=O)c3ccc(OCC(=O)O)c(OCc4ccccc4)c3)cc2C1. The summed E-state index contributed by atoms with van der Waals surface area (Å²) in [6.07, 6.45) is 0.227. The number of ether oxygens (including phenoxy) is 3. The molecule has 1 aliphatic rings. The summed E-state index contributed by atoms with van der Waals surface area (Å²) in [6.45, 7) is 5.67. The number of nitrogens with one attached hydrogen (secondary N) is 1. The van der Waals surface area contributed by atoms with Crippen molar-refractivity contribution < 1.29 is 38.5 Å². The van der Waals surface area contributed by atoms with Crippen molar-refractivity contribution in [2.45, 2.75) is 45.9 Å². The molecule has 3 aromatic rings. The number of aliphatic carboxylic acids is 1. The summed E-state index contributed by atoms with van der Waals surface area (Å²) in [5.41, 5.74) is 1.45. The molecule has 1 aromatic heterocycles. The molecular weight excluding hydrogens is 548 g/mol. The average molecular weight is 581 g/mol. The molecule has 0 fully saturated rings. The minimum absolute atomic E-state index is 0.188. The number of carboxylic acid groups (broad SMARTS) is 1. The van der Waals surface area contributed by atoms with Gasteiger partial charge in [0.25, 0.3) is 5.91 Å². The summed E-state index contributed by atoms with van der Waals surface area (Å²) in [4.78, 5) is 52.4. The van der Waals surface area contributed by atoms with Gasteiger partial charge in [0.05, 0.1) is 18.0 Å². The fraction of sp³-hybridized carbons (Fsp3) is 0.333. The maximum Gasteiger partial charge on any atom is 0.410 e. The van der Waals surface area contributed by atoms with Crippen LogP contribution in [0.2, 0.25) is 0 Å². The summed E-state index contributed by atoms with van der Waals surface area (Å²) < 4.78 is 16.6. The molecule has 0 saturated carbocycles. The molecule has 2 heterocycles. The Hall–Kier alpha value is -4.38. The molecule has 2 N–H and O–H groups in total. The van der Waals surface area contributed by atoms with E-state index in [9.17, 15) is 19.2 Å². The minimum Gasteiger partial charge on any atom is -0.485 e. The Balaban J connectivity index is 1.38. The van der Waals surface area contributed by atoms with Crippen LogP contribution in [0.5, 0.6) is 11.5 Å². The fourth-order valence-electron chi connectivity index (χ4n) is 4.07. The Kier molecular flexibility index (Phi) is 9.28. The molecule has 4 rings (SSSR count). The summed E-state index contributed by atoms with van der Waals surface area (Å²) in [5, 5.41) is 11.7. The van der Waals surface area contributed by atoms with Crippen LogP contribution in [0.25, 0.3) is 0 Å². The molecule has 41 heavy (non-hydrogen) atoms. The highest BCUT2D eigenvalue weighted by molar-refractivity contribution is 7.14. The highest BCUT2D eigenvalue weighted by atomic mass is 32.1.